The Morgan fingerprint density at radius 3 is 2.73 bits per heavy atom. The van der Waals surface area contributed by atoms with E-state index in [-0.39, 0.29) is 11.7 Å². The fourth-order valence-electron chi connectivity index (χ4n) is 0.778. The highest BCUT2D eigenvalue weighted by Gasteiger charge is 2.12. The third-order valence-corrected chi connectivity index (χ3v) is 1.28. The van der Waals surface area contributed by atoms with Crippen molar-refractivity contribution in [3.63, 3.8) is 0 Å². The van der Waals surface area contributed by atoms with Crippen molar-refractivity contribution in [1.29, 1.82) is 0 Å². The first kappa shape index (κ1) is 7.71. The number of carboxylic acid groups (broad SMARTS) is 1. The Hall–Kier alpha value is -1.39. The SMILES string of the molecule is CC(C)n1nncc1C(=O)O. The van der Waals surface area contributed by atoms with Gasteiger partial charge in [0.25, 0.3) is 0 Å². The standard InChI is InChI=1S/C6H9N3O2/c1-4(2)9-5(6(10)11)3-7-8-9/h3-4H,1-2H3,(H,10,11). The van der Waals surface area contributed by atoms with Crippen molar-refractivity contribution >= 4 is 5.97 Å². The maximum Gasteiger partial charge on any atom is 0.355 e. The summed E-state index contributed by atoms with van der Waals surface area (Å²) in [5, 5.41) is 15.7. The Balaban J connectivity index is 3.06. The van der Waals surface area contributed by atoms with Gasteiger partial charge in [-0.1, -0.05) is 5.21 Å². The monoisotopic (exact) mass is 155 g/mol. The van der Waals surface area contributed by atoms with Crippen molar-refractivity contribution in [3.8, 4) is 0 Å². The molecule has 1 heterocycles. The zero-order chi connectivity index (χ0) is 8.43. The lowest BCUT2D eigenvalue weighted by Gasteiger charge is -2.04. The van der Waals surface area contributed by atoms with Crippen LogP contribution in [0.4, 0.5) is 0 Å². The van der Waals surface area contributed by atoms with Gasteiger partial charge in [-0.15, -0.1) is 5.10 Å². The number of carbonyl (C=O) groups is 1. The van der Waals surface area contributed by atoms with Crippen molar-refractivity contribution in [2.45, 2.75) is 19.9 Å². The molecule has 1 aromatic rings. The Labute approximate surface area is 63.6 Å². The van der Waals surface area contributed by atoms with Crippen LogP contribution in [-0.2, 0) is 0 Å². The Kier molecular flexibility index (Phi) is 1.89. The van der Waals surface area contributed by atoms with E-state index in [1.807, 2.05) is 13.8 Å². The first-order chi connectivity index (χ1) is 5.13. The minimum atomic E-state index is -0.997. The molecule has 0 fully saturated rings. The summed E-state index contributed by atoms with van der Waals surface area (Å²) >= 11 is 0. The molecule has 0 saturated carbocycles. The molecule has 0 amide bonds. The van der Waals surface area contributed by atoms with Gasteiger partial charge in [-0.25, -0.2) is 9.48 Å². The molecule has 0 aliphatic carbocycles. The molecule has 1 aromatic heterocycles. The Morgan fingerprint density at radius 2 is 2.36 bits per heavy atom. The molecule has 0 atom stereocenters. The van der Waals surface area contributed by atoms with Gasteiger partial charge < -0.3 is 5.11 Å². The second kappa shape index (κ2) is 2.69. The summed E-state index contributed by atoms with van der Waals surface area (Å²) in [5.41, 5.74) is 0.125. The van der Waals surface area contributed by atoms with E-state index < -0.39 is 5.97 Å². The van der Waals surface area contributed by atoms with Crippen LogP contribution in [0.15, 0.2) is 6.20 Å². The highest BCUT2D eigenvalue weighted by atomic mass is 16.4. The number of carboxylic acids is 1. The van der Waals surface area contributed by atoms with E-state index in [9.17, 15) is 4.79 Å². The first-order valence-electron chi connectivity index (χ1n) is 3.26. The quantitative estimate of drug-likeness (QED) is 0.677. The van der Waals surface area contributed by atoms with E-state index >= 15 is 0 Å². The number of aromatic nitrogens is 3. The van der Waals surface area contributed by atoms with Crippen LogP contribution in [0, 0.1) is 0 Å². The second-order valence-electron chi connectivity index (χ2n) is 2.46. The van der Waals surface area contributed by atoms with Crippen molar-refractivity contribution in [2.24, 2.45) is 0 Å². The number of hydrogen-bond acceptors (Lipinski definition) is 3. The highest BCUT2D eigenvalue weighted by Crippen LogP contribution is 2.05. The summed E-state index contributed by atoms with van der Waals surface area (Å²) in [6.07, 6.45) is 1.24. The van der Waals surface area contributed by atoms with Crippen molar-refractivity contribution in [1.82, 2.24) is 15.0 Å². The number of rotatable bonds is 2. The summed E-state index contributed by atoms with van der Waals surface area (Å²) in [5.74, 6) is -0.997. The van der Waals surface area contributed by atoms with Gasteiger partial charge in [0, 0.05) is 6.04 Å². The molecule has 1 N–H and O–H groups in total. The van der Waals surface area contributed by atoms with Crippen LogP contribution < -0.4 is 0 Å². The smallest absolute Gasteiger partial charge is 0.355 e. The molecule has 0 aromatic carbocycles. The van der Waals surface area contributed by atoms with Gasteiger partial charge in [0.2, 0.25) is 0 Å². The topological polar surface area (TPSA) is 68.0 Å². The average molecular weight is 155 g/mol. The summed E-state index contributed by atoms with van der Waals surface area (Å²) in [6.45, 7) is 3.70. The van der Waals surface area contributed by atoms with Gasteiger partial charge in [-0.05, 0) is 13.8 Å². The molecule has 0 radical (unpaired) electrons. The van der Waals surface area contributed by atoms with Crippen molar-refractivity contribution in [3.05, 3.63) is 11.9 Å². The van der Waals surface area contributed by atoms with Crippen LogP contribution in [0.25, 0.3) is 0 Å². The van der Waals surface area contributed by atoms with Gasteiger partial charge in [0.1, 0.15) is 0 Å². The minimum absolute atomic E-state index is 0.0311. The molecule has 5 heteroatoms. The molecule has 5 nitrogen and oxygen atoms in total. The van der Waals surface area contributed by atoms with Crippen LogP contribution in [0.5, 0.6) is 0 Å². The molecule has 11 heavy (non-hydrogen) atoms. The molecule has 0 aliphatic heterocycles. The fraction of sp³-hybridized carbons (Fsp3) is 0.500. The van der Waals surface area contributed by atoms with E-state index in [4.69, 9.17) is 5.11 Å². The Bertz CT molecular complexity index is 267. The highest BCUT2D eigenvalue weighted by molar-refractivity contribution is 5.85. The normalized spacial score (nSPS) is 10.5. The van der Waals surface area contributed by atoms with E-state index in [0.29, 0.717) is 0 Å². The molecule has 0 bridgehead atoms. The van der Waals surface area contributed by atoms with Gasteiger partial charge in [-0.3, -0.25) is 0 Å². The third-order valence-electron chi connectivity index (χ3n) is 1.28. The lowest BCUT2D eigenvalue weighted by atomic mass is 10.4. The van der Waals surface area contributed by atoms with Crippen molar-refractivity contribution < 1.29 is 9.90 Å². The average Bonchev–Trinajstić information content (AvgIpc) is 2.32. The molecule has 0 unspecified atom stereocenters. The third kappa shape index (κ3) is 1.36. The van der Waals surface area contributed by atoms with Gasteiger partial charge in [0.15, 0.2) is 5.69 Å². The maximum atomic E-state index is 10.5. The summed E-state index contributed by atoms with van der Waals surface area (Å²) in [4.78, 5) is 10.5. The van der Waals surface area contributed by atoms with Crippen LogP contribution >= 0.6 is 0 Å². The van der Waals surface area contributed by atoms with Crippen LogP contribution in [0.3, 0.4) is 0 Å². The molecule has 60 valence electrons. The minimum Gasteiger partial charge on any atom is -0.476 e. The van der Waals surface area contributed by atoms with Crippen molar-refractivity contribution in [2.75, 3.05) is 0 Å². The van der Waals surface area contributed by atoms with Gasteiger partial charge in [-0.2, -0.15) is 0 Å². The molecule has 0 aliphatic rings. The van der Waals surface area contributed by atoms with Crippen LogP contribution in [0.2, 0.25) is 0 Å². The summed E-state index contributed by atoms with van der Waals surface area (Å²) in [6, 6.07) is 0.0311. The Morgan fingerprint density at radius 1 is 1.73 bits per heavy atom. The van der Waals surface area contributed by atoms with Gasteiger partial charge >= 0.3 is 5.97 Å². The number of aromatic carboxylic acids is 1. The van der Waals surface area contributed by atoms with Crippen LogP contribution in [-0.4, -0.2) is 26.1 Å². The van der Waals surface area contributed by atoms with E-state index in [0.717, 1.165) is 0 Å². The molecule has 0 saturated heterocycles. The maximum absolute atomic E-state index is 10.5. The molecule has 0 spiro atoms. The molecular weight excluding hydrogens is 146 g/mol. The number of nitrogens with zero attached hydrogens (tertiary/aromatic N) is 3. The van der Waals surface area contributed by atoms with E-state index in [2.05, 4.69) is 10.3 Å². The van der Waals surface area contributed by atoms with E-state index in [1.54, 1.807) is 0 Å². The fourth-order valence-corrected chi connectivity index (χ4v) is 0.778. The van der Waals surface area contributed by atoms with E-state index in [1.165, 1.54) is 10.9 Å². The number of hydrogen-bond donors (Lipinski definition) is 1. The second-order valence-corrected chi connectivity index (χ2v) is 2.46. The lowest BCUT2D eigenvalue weighted by Crippen LogP contribution is -2.11. The lowest BCUT2D eigenvalue weighted by molar-refractivity contribution is 0.0681. The largest absolute Gasteiger partial charge is 0.476 e. The molecule has 1 rings (SSSR count). The predicted octanol–water partition coefficient (Wildman–Crippen LogP) is 0.557. The zero-order valence-corrected chi connectivity index (χ0v) is 6.35. The summed E-state index contributed by atoms with van der Waals surface area (Å²) < 4.78 is 1.36. The summed E-state index contributed by atoms with van der Waals surface area (Å²) in [7, 11) is 0. The predicted molar refractivity (Wildman–Crippen MR) is 37.4 cm³/mol. The molecular formula is C6H9N3O2. The zero-order valence-electron chi connectivity index (χ0n) is 6.35. The van der Waals surface area contributed by atoms with Crippen LogP contribution in [0.1, 0.15) is 30.4 Å². The first-order valence-corrected chi connectivity index (χ1v) is 3.26. The van der Waals surface area contributed by atoms with Gasteiger partial charge in [0.05, 0.1) is 6.20 Å².